The molecule has 0 spiro atoms. The van der Waals surface area contributed by atoms with Crippen LogP contribution in [0.2, 0.25) is 0 Å². The number of nitrogens with two attached hydrogens (primary N) is 1. The van der Waals surface area contributed by atoms with E-state index >= 15 is 0 Å². The number of ether oxygens (including phenoxy) is 1. The van der Waals surface area contributed by atoms with Gasteiger partial charge in [-0.25, -0.2) is 0 Å². The van der Waals surface area contributed by atoms with Gasteiger partial charge in [-0.15, -0.1) is 0 Å². The summed E-state index contributed by atoms with van der Waals surface area (Å²) in [6.07, 6.45) is 0.802. The zero-order valence-electron chi connectivity index (χ0n) is 6.70. The molecule has 0 heterocycles. The second kappa shape index (κ2) is 12.5. The second-order valence-electron chi connectivity index (χ2n) is 1.16. The van der Waals surface area contributed by atoms with Gasteiger partial charge in [0.25, 0.3) is 0 Å². The second-order valence-corrected chi connectivity index (χ2v) is 2.78. The molecule has 0 aromatic rings. The van der Waals surface area contributed by atoms with Crippen molar-refractivity contribution in [3.8, 4) is 0 Å². The summed E-state index contributed by atoms with van der Waals surface area (Å²) < 4.78 is 5.33. The first-order chi connectivity index (χ1) is 5.31. The van der Waals surface area contributed by atoms with Gasteiger partial charge in [-0.05, 0) is 26.2 Å². The number of hydrogen-bond acceptors (Lipinski definition) is 5. The maximum absolute atomic E-state index is 9.78. The van der Waals surface area contributed by atoms with Gasteiger partial charge in [0.2, 0.25) is 4.38 Å². The first-order valence-electron chi connectivity index (χ1n) is 3.12. The van der Waals surface area contributed by atoms with Crippen molar-refractivity contribution in [2.45, 2.75) is 6.92 Å². The summed E-state index contributed by atoms with van der Waals surface area (Å²) in [6.45, 7) is 2.43. The Hall–Kier alpha value is -0.130. The maximum Gasteiger partial charge on any atom is 0.220 e. The molecule has 0 saturated carbocycles. The van der Waals surface area contributed by atoms with Crippen molar-refractivity contribution in [1.29, 1.82) is 0 Å². The lowest BCUT2D eigenvalue weighted by molar-refractivity contribution is -0.105. The fourth-order valence-corrected chi connectivity index (χ4v) is 0.989. The molecule has 0 amide bonds. The predicted molar refractivity (Wildman–Crippen MR) is 52.9 cm³/mol. The van der Waals surface area contributed by atoms with Gasteiger partial charge in [0.1, 0.15) is 6.29 Å². The summed E-state index contributed by atoms with van der Waals surface area (Å²) in [7, 11) is 1.50. The fourth-order valence-electron chi connectivity index (χ4n) is 0.262. The molecule has 0 aromatic heterocycles. The van der Waals surface area contributed by atoms with Gasteiger partial charge in [0.15, 0.2) is 0 Å². The minimum atomic E-state index is 0.388. The highest BCUT2D eigenvalue weighted by Gasteiger charge is 1.93. The van der Waals surface area contributed by atoms with Gasteiger partial charge < -0.3 is 15.3 Å². The number of rotatable bonds is 3. The summed E-state index contributed by atoms with van der Waals surface area (Å²) >= 11 is 5.94. The average molecular weight is 195 g/mol. The standard InChI is InChI=1S/C5H8O2S2.CH5N/c1-2-7-5(8)9-4-3-6;1-2/h3H,2,4H2,1H3;2H2,1H3. The van der Waals surface area contributed by atoms with Crippen LogP contribution in [0.15, 0.2) is 0 Å². The average Bonchev–Trinajstić information content (AvgIpc) is 2.05. The highest BCUT2D eigenvalue weighted by Crippen LogP contribution is 2.02. The van der Waals surface area contributed by atoms with Crippen LogP contribution in [0, 0.1) is 0 Å². The quantitative estimate of drug-likeness (QED) is 0.533. The van der Waals surface area contributed by atoms with E-state index in [9.17, 15) is 4.79 Å². The van der Waals surface area contributed by atoms with Crippen LogP contribution in [0.3, 0.4) is 0 Å². The Kier molecular flexibility index (Phi) is 15.3. The minimum absolute atomic E-state index is 0.388. The molecule has 5 heteroatoms. The number of thioether (sulfide) groups is 1. The Morgan fingerprint density at radius 2 is 2.27 bits per heavy atom. The normalized spacial score (nSPS) is 7.55. The number of aldehydes is 1. The van der Waals surface area contributed by atoms with E-state index in [1.807, 2.05) is 6.92 Å². The molecular weight excluding hydrogens is 182 g/mol. The molecular formula is C6H13NO2S2. The van der Waals surface area contributed by atoms with Crippen LogP contribution in [-0.4, -0.2) is 30.1 Å². The van der Waals surface area contributed by atoms with Crippen molar-refractivity contribution in [1.82, 2.24) is 0 Å². The van der Waals surface area contributed by atoms with E-state index in [4.69, 9.17) is 17.0 Å². The van der Waals surface area contributed by atoms with Crippen molar-refractivity contribution in [3.63, 3.8) is 0 Å². The lowest BCUT2D eigenvalue weighted by Gasteiger charge is -1.99. The van der Waals surface area contributed by atoms with Crippen molar-refractivity contribution >= 4 is 34.6 Å². The van der Waals surface area contributed by atoms with E-state index in [2.05, 4.69) is 5.73 Å². The third-order valence-corrected chi connectivity index (χ3v) is 1.66. The third kappa shape index (κ3) is 13.0. The highest BCUT2D eigenvalue weighted by molar-refractivity contribution is 8.22. The molecule has 0 atom stereocenters. The van der Waals surface area contributed by atoms with Crippen LogP contribution in [0.4, 0.5) is 0 Å². The highest BCUT2D eigenvalue weighted by atomic mass is 32.2. The number of carbonyl (C=O) groups excluding carboxylic acids is 1. The molecule has 0 aliphatic heterocycles. The lowest BCUT2D eigenvalue weighted by Crippen LogP contribution is -1.96. The first-order valence-corrected chi connectivity index (χ1v) is 4.51. The van der Waals surface area contributed by atoms with Gasteiger partial charge in [0.05, 0.1) is 12.4 Å². The van der Waals surface area contributed by atoms with E-state index in [0.717, 1.165) is 6.29 Å². The topological polar surface area (TPSA) is 52.3 Å². The van der Waals surface area contributed by atoms with Gasteiger partial charge in [-0.3, -0.25) is 0 Å². The minimum Gasteiger partial charge on any atom is -0.479 e. The Labute approximate surface area is 76.7 Å². The Balaban J connectivity index is 0. The number of carbonyl (C=O) groups is 1. The van der Waals surface area contributed by atoms with E-state index in [1.54, 1.807) is 0 Å². The molecule has 11 heavy (non-hydrogen) atoms. The van der Waals surface area contributed by atoms with Gasteiger partial charge >= 0.3 is 0 Å². The van der Waals surface area contributed by atoms with Gasteiger partial charge in [-0.2, -0.15) is 0 Å². The molecule has 0 aliphatic rings. The molecule has 0 fully saturated rings. The van der Waals surface area contributed by atoms with Crippen LogP contribution in [-0.2, 0) is 9.53 Å². The summed E-state index contributed by atoms with van der Waals surface area (Å²) in [4.78, 5) is 9.78. The van der Waals surface area contributed by atoms with Crippen molar-refractivity contribution in [2.75, 3.05) is 19.4 Å². The zero-order valence-corrected chi connectivity index (χ0v) is 8.33. The lowest BCUT2D eigenvalue weighted by atomic mass is 10.9. The number of thiocarbonyl (C=S) groups is 1. The molecule has 0 radical (unpaired) electrons. The Morgan fingerprint density at radius 1 is 1.73 bits per heavy atom. The fraction of sp³-hybridized carbons (Fsp3) is 0.667. The molecule has 0 aliphatic carbocycles. The van der Waals surface area contributed by atoms with Crippen LogP contribution in [0.5, 0.6) is 0 Å². The summed E-state index contributed by atoms with van der Waals surface area (Å²) in [5.74, 6) is 0.388. The smallest absolute Gasteiger partial charge is 0.220 e. The van der Waals surface area contributed by atoms with Crippen LogP contribution in [0.1, 0.15) is 6.92 Å². The van der Waals surface area contributed by atoms with Gasteiger partial charge in [0, 0.05) is 0 Å². The first kappa shape index (κ1) is 13.5. The van der Waals surface area contributed by atoms with E-state index in [-0.39, 0.29) is 0 Å². The van der Waals surface area contributed by atoms with Crippen LogP contribution in [0.25, 0.3) is 0 Å². The van der Waals surface area contributed by atoms with E-state index < -0.39 is 0 Å². The molecule has 2 N–H and O–H groups in total. The molecule has 0 saturated heterocycles. The molecule has 0 aromatic carbocycles. The molecule has 0 rings (SSSR count). The van der Waals surface area contributed by atoms with Gasteiger partial charge in [-0.1, -0.05) is 11.8 Å². The molecule has 0 bridgehead atoms. The van der Waals surface area contributed by atoms with Crippen LogP contribution < -0.4 is 5.73 Å². The summed E-state index contributed by atoms with van der Waals surface area (Å²) in [5, 5.41) is 0. The Bertz CT molecular complexity index is 109. The molecule has 3 nitrogen and oxygen atoms in total. The predicted octanol–water partition coefficient (Wildman–Crippen LogP) is 0.815. The van der Waals surface area contributed by atoms with E-state index in [0.29, 0.717) is 16.7 Å². The number of hydrogen-bond donors (Lipinski definition) is 1. The zero-order chi connectivity index (χ0) is 9.11. The van der Waals surface area contributed by atoms with Crippen LogP contribution >= 0.6 is 24.0 Å². The molecule has 66 valence electrons. The molecule has 0 unspecified atom stereocenters. The van der Waals surface area contributed by atoms with Crippen molar-refractivity contribution < 1.29 is 9.53 Å². The summed E-state index contributed by atoms with van der Waals surface area (Å²) in [5.41, 5.74) is 4.50. The monoisotopic (exact) mass is 195 g/mol. The SMILES string of the molecule is CCOC(=S)SCC=O.CN. The van der Waals surface area contributed by atoms with E-state index in [1.165, 1.54) is 18.8 Å². The summed E-state index contributed by atoms with van der Waals surface area (Å²) in [6, 6.07) is 0. The maximum atomic E-state index is 9.78. The van der Waals surface area contributed by atoms with Crippen molar-refractivity contribution in [2.24, 2.45) is 5.73 Å². The van der Waals surface area contributed by atoms with Crippen molar-refractivity contribution in [3.05, 3.63) is 0 Å². The third-order valence-electron chi connectivity index (χ3n) is 0.531. The largest absolute Gasteiger partial charge is 0.479 e. The Morgan fingerprint density at radius 3 is 2.64 bits per heavy atom.